The number of rotatable bonds is 5. The Morgan fingerprint density at radius 2 is 1.87 bits per heavy atom. The Bertz CT molecular complexity index is 356. The zero-order valence-corrected chi connectivity index (χ0v) is 9.74. The van der Waals surface area contributed by atoms with Gasteiger partial charge in [0.15, 0.2) is 0 Å². The van der Waals surface area contributed by atoms with Crippen LogP contribution in [-0.4, -0.2) is 25.5 Å². The number of para-hydroxylation sites is 1. The molecular formula is C10H15O4P. The Kier molecular flexibility index (Phi) is 4.33. The van der Waals surface area contributed by atoms with Crippen LogP contribution in [0.25, 0.3) is 0 Å². The Hall–Kier alpha value is -0.830. The van der Waals surface area contributed by atoms with Crippen LogP contribution in [0.5, 0.6) is 5.75 Å². The highest BCUT2D eigenvalue weighted by molar-refractivity contribution is 7.53. The highest BCUT2D eigenvalue weighted by Gasteiger charge is 2.20. The lowest BCUT2D eigenvalue weighted by Gasteiger charge is -2.13. The summed E-state index contributed by atoms with van der Waals surface area (Å²) >= 11 is 0. The molecule has 1 N–H and O–H groups in total. The molecule has 0 amide bonds. The van der Waals surface area contributed by atoms with Gasteiger partial charge in [-0.05, 0) is 18.1 Å². The zero-order chi connectivity index (χ0) is 11.3. The lowest BCUT2D eigenvalue weighted by atomic mass is 10.1. The molecule has 4 nitrogen and oxygen atoms in total. The van der Waals surface area contributed by atoms with Crippen molar-refractivity contribution in [3.63, 3.8) is 0 Å². The minimum Gasteiger partial charge on any atom is -0.508 e. The average molecular weight is 230 g/mol. The van der Waals surface area contributed by atoms with Crippen LogP contribution >= 0.6 is 7.60 Å². The van der Waals surface area contributed by atoms with Crippen molar-refractivity contribution in [3.05, 3.63) is 29.8 Å². The molecule has 84 valence electrons. The fourth-order valence-corrected chi connectivity index (χ4v) is 2.27. The maximum Gasteiger partial charge on any atom is 0.330 e. The first-order valence-corrected chi connectivity index (χ1v) is 6.31. The van der Waals surface area contributed by atoms with Gasteiger partial charge in [0, 0.05) is 14.2 Å². The summed E-state index contributed by atoms with van der Waals surface area (Å²) in [5, 5.41) is 9.48. The normalized spacial score (nSPS) is 11.6. The molecule has 0 saturated carbocycles. The molecule has 0 heterocycles. The average Bonchev–Trinajstić information content (AvgIpc) is 2.28. The van der Waals surface area contributed by atoms with E-state index in [0.29, 0.717) is 6.42 Å². The molecule has 0 aliphatic heterocycles. The molecule has 15 heavy (non-hydrogen) atoms. The third kappa shape index (κ3) is 3.34. The third-order valence-corrected chi connectivity index (χ3v) is 4.09. The van der Waals surface area contributed by atoms with Crippen molar-refractivity contribution in [2.24, 2.45) is 0 Å². The van der Waals surface area contributed by atoms with Crippen LogP contribution in [0.15, 0.2) is 24.3 Å². The van der Waals surface area contributed by atoms with Gasteiger partial charge in [0.05, 0.1) is 6.16 Å². The maximum absolute atomic E-state index is 11.7. The smallest absolute Gasteiger partial charge is 0.330 e. The Balaban J connectivity index is 2.65. The molecule has 0 saturated heterocycles. The van der Waals surface area contributed by atoms with E-state index in [0.717, 1.165) is 5.56 Å². The molecule has 1 rings (SSSR count). The number of hydrogen-bond donors (Lipinski definition) is 1. The first kappa shape index (κ1) is 12.2. The maximum atomic E-state index is 11.7. The molecule has 0 bridgehead atoms. The van der Waals surface area contributed by atoms with Gasteiger partial charge >= 0.3 is 7.60 Å². The minimum absolute atomic E-state index is 0.205. The van der Waals surface area contributed by atoms with Gasteiger partial charge in [0.1, 0.15) is 5.75 Å². The van der Waals surface area contributed by atoms with E-state index in [4.69, 9.17) is 9.05 Å². The van der Waals surface area contributed by atoms with Gasteiger partial charge in [-0.3, -0.25) is 4.57 Å². The van der Waals surface area contributed by atoms with E-state index in [2.05, 4.69) is 0 Å². The number of aromatic hydroxyl groups is 1. The fourth-order valence-electron chi connectivity index (χ4n) is 1.24. The largest absolute Gasteiger partial charge is 0.508 e. The van der Waals surface area contributed by atoms with Gasteiger partial charge in [0.2, 0.25) is 0 Å². The molecule has 0 aliphatic carbocycles. The van der Waals surface area contributed by atoms with Crippen molar-refractivity contribution in [2.45, 2.75) is 6.42 Å². The summed E-state index contributed by atoms with van der Waals surface area (Å²) in [7, 11) is -0.265. The highest BCUT2D eigenvalue weighted by atomic mass is 31.2. The monoisotopic (exact) mass is 230 g/mol. The SMILES string of the molecule is COP(=O)(CCc1ccccc1O)OC. The molecular weight excluding hydrogens is 215 g/mol. The molecule has 0 atom stereocenters. The molecule has 0 fully saturated rings. The van der Waals surface area contributed by atoms with Crippen LogP contribution in [0, 0.1) is 0 Å². The number of phenols is 1. The number of benzene rings is 1. The van der Waals surface area contributed by atoms with Crippen molar-refractivity contribution in [2.75, 3.05) is 20.4 Å². The van der Waals surface area contributed by atoms with Crippen LogP contribution in [0.2, 0.25) is 0 Å². The first-order chi connectivity index (χ1) is 7.11. The van der Waals surface area contributed by atoms with E-state index in [-0.39, 0.29) is 11.9 Å². The summed E-state index contributed by atoms with van der Waals surface area (Å²) < 4.78 is 21.3. The number of aryl methyl sites for hydroxylation is 1. The molecule has 5 heteroatoms. The lowest BCUT2D eigenvalue weighted by molar-refractivity contribution is 0.276. The second kappa shape index (κ2) is 5.31. The molecule has 0 unspecified atom stereocenters. The van der Waals surface area contributed by atoms with Gasteiger partial charge in [0.25, 0.3) is 0 Å². The zero-order valence-electron chi connectivity index (χ0n) is 8.84. The van der Waals surface area contributed by atoms with Crippen molar-refractivity contribution in [1.82, 2.24) is 0 Å². The highest BCUT2D eigenvalue weighted by Crippen LogP contribution is 2.46. The van der Waals surface area contributed by atoms with Crippen LogP contribution in [0.3, 0.4) is 0 Å². The van der Waals surface area contributed by atoms with Crippen LogP contribution in [0.1, 0.15) is 5.56 Å². The van der Waals surface area contributed by atoms with E-state index < -0.39 is 7.60 Å². The molecule has 0 aromatic heterocycles. The molecule has 0 aliphatic rings. The topological polar surface area (TPSA) is 55.8 Å². The predicted octanol–water partition coefficient (Wildman–Crippen LogP) is 2.42. The second-order valence-corrected chi connectivity index (χ2v) is 5.48. The third-order valence-electron chi connectivity index (χ3n) is 2.20. The summed E-state index contributed by atoms with van der Waals surface area (Å²) in [6.07, 6.45) is 0.725. The van der Waals surface area contributed by atoms with Gasteiger partial charge in [-0.2, -0.15) is 0 Å². The predicted molar refractivity (Wildman–Crippen MR) is 58.3 cm³/mol. The van der Waals surface area contributed by atoms with Crippen molar-refractivity contribution in [3.8, 4) is 5.75 Å². The van der Waals surface area contributed by atoms with Gasteiger partial charge in [-0.1, -0.05) is 18.2 Å². The Morgan fingerprint density at radius 3 is 2.40 bits per heavy atom. The quantitative estimate of drug-likeness (QED) is 0.789. The number of hydrogen-bond acceptors (Lipinski definition) is 4. The van der Waals surface area contributed by atoms with Gasteiger partial charge in [-0.25, -0.2) is 0 Å². The molecule has 1 aromatic carbocycles. The van der Waals surface area contributed by atoms with E-state index in [1.807, 2.05) is 6.07 Å². The Labute approximate surface area is 89.4 Å². The standard InChI is InChI=1S/C10H15O4P/c1-13-15(12,14-2)8-7-9-5-3-4-6-10(9)11/h3-6,11H,7-8H2,1-2H3. The van der Waals surface area contributed by atoms with E-state index in [1.165, 1.54) is 14.2 Å². The van der Waals surface area contributed by atoms with Gasteiger partial charge < -0.3 is 14.2 Å². The van der Waals surface area contributed by atoms with Crippen LogP contribution in [0.4, 0.5) is 0 Å². The van der Waals surface area contributed by atoms with E-state index in [1.54, 1.807) is 18.2 Å². The van der Waals surface area contributed by atoms with Crippen molar-refractivity contribution in [1.29, 1.82) is 0 Å². The minimum atomic E-state index is -2.98. The molecule has 0 radical (unpaired) electrons. The van der Waals surface area contributed by atoms with E-state index in [9.17, 15) is 9.67 Å². The Morgan fingerprint density at radius 1 is 1.27 bits per heavy atom. The van der Waals surface area contributed by atoms with Crippen molar-refractivity contribution < 1.29 is 18.7 Å². The molecule has 1 aromatic rings. The molecule has 0 spiro atoms. The van der Waals surface area contributed by atoms with E-state index >= 15 is 0 Å². The van der Waals surface area contributed by atoms with Crippen molar-refractivity contribution >= 4 is 7.60 Å². The summed E-state index contributed by atoms with van der Waals surface area (Å²) in [6, 6.07) is 6.94. The van der Waals surface area contributed by atoms with Crippen LogP contribution < -0.4 is 0 Å². The summed E-state index contributed by atoms with van der Waals surface area (Å²) in [6.45, 7) is 0. The van der Waals surface area contributed by atoms with Gasteiger partial charge in [-0.15, -0.1) is 0 Å². The number of phenolic OH excluding ortho intramolecular Hbond substituents is 1. The summed E-state index contributed by atoms with van der Waals surface area (Å²) in [4.78, 5) is 0. The second-order valence-electron chi connectivity index (χ2n) is 3.08. The summed E-state index contributed by atoms with van der Waals surface area (Å²) in [5.41, 5.74) is 0.742. The lowest BCUT2D eigenvalue weighted by Crippen LogP contribution is -1.98. The summed E-state index contributed by atoms with van der Waals surface area (Å²) in [5.74, 6) is 0.205. The first-order valence-electron chi connectivity index (χ1n) is 4.58. The van der Waals surface area contributed by atoms with Crippen LogP contribution in [-0.2, 0) is 20.0 Å². The fraction of sp³-hybridized carbons (Fsp3) is 0.400.